The lowest BCUT2D eigenvalue weighted by Gasteiger charge is -2.14. The second kappa shape index (κ2) is 7.91. The molecule has 33 heavy (non-hydrogen) atoms. The lowest BCUT2D eigenvalue weighted by molar-refractivity contribution is -0.143. The fraction of sp³-hybridized carbons (Fsp3) is 0.0909. The zero-order chi connectivity index (χ0) is 24.0. The first-order valence-electron chi connectivity index (χ1n) is 9.28. The van der Waals surface area contributed by atoms with E-state index in [0.717, 1.165) is 4.68 Å². The third kappa shape index (κ3) is 4.52. The Hall–Kier alpha value is -3.89. The van der Waals surface area contributed by atoms with Crippen molar-refractivity contribution in [3.8, 4) is 11.3 Å². The van der Waals surface area contributed by atoms with Crippen molar-refractivity contribution in [1.29, 1.82) is 0 Å². The van der Waals surface area contributed by atoms with E-state index in [0.29, 0.717) is 23.1 Å². The van der Waals surface area contributed by atoms with Gasteiger partial charge in [0.25, 0.3) is 0 Å². The maximum Gasteiger partial charge on any atom is 0.416 e. The van der Waals surface area contributed by atoms with Crippen molar-refractivity contribution < 1.29 is 35.5 Å². The van der Waals surface area contributed by atoms with Crippen LogP contribution in [-0.4, -0.2) is 15.8 Å². The van der Waals surface area contributed by atoms with Crippen LogP contribution in [0.2, 0.25) is 0 Å². The average molecular weight is 467 g/mol. The number of nitrogens with one attached hydrogen (secondary N) is 1. The van der Waals surface area contributed by atoms with E-state index in [1.165, 1.54) is 30.3 Å². The van der Waals surface area contributed by atoms with Crippen molar-refractivity contribution in [3.63, 3.8) is 0 Å². The minimum Gasteiger partial charge on any atom is -0.306 e. The van der Waals surface area contributed by atoms with Gasteiger partial charge in [0.15, 0.2) is 0 Å². The number of rotatable bonds is 2. The van der Waals surface area contributed by atoms with E-state index in [-0.39, 0.29) is 17.3 Å². The van der Waals surface area contributed by atoms with Crippen LogP contribution in [0.15, 0.2) is 66.7 Å². The van der Waals surface area contributed by atoms with E-state index in [2.05, 4.69) is 10.4 Å². The highest BCUT2D eigenvalue weighted by molar-refractivity contribution is 6.02. The molecular weight excluding hydrogens is 455 g/mol. The highest BCUT2D eigenvalue weighted by atomic mass is 19.4. The number of halogens is 7. The molecule has 0 fully saturated rings. The topological polar surface area (TPSA) is 46.9 Å². The number of carbonyl (C=O) groups excluding carboxylic acids is 1. The minimum absolute atomic E-state index is 0.0361. The second-order valence-corrected chi connectivity index (χ2v) is 7.01. The van der Waals surface area contributed by atoms with Crippen molar-refractivity contribution in [1.82, 2.24) is 9.78 Å². The Kier molecular flexibility index (Phi) is 5.35. The van der Waals surface area contributed by atoms with Crippen LogP contribution < -0.4 is 5.32 Å². The van der Waals surface area contributed by atoms with Gasteiger partial charge in [-0.15, -0.1) is 0 Å². The van der Waals surface area contributed by atoms with Crippen LogP contribution in [0.4, 0.5) is 41.2 Å². The smallest absolute Gasteiger partial charge is 0.306 e. The molecule has 1 heterocycles. The van der Waals surface area contributed by atoms with Gasteiger partial charge in [0.2, 0.25) is 0 Å². The third-order valence-corrected chi connectivity index (χ3v) is 4.74. The molecule has 1 aromatic heterocycles. The van der Waals surface area contributed by atoms with Gasteiger partial charge < -0.3 is 5.32 Å². The summed E-state index contributed by atoms with van der Waals surface area (Å²) in [7, 11) is 0. The van der Waals surface area contributed by atoms with Gasteiger partial charge in [-0.1, -0.05) is 18.2 Å². The van der Waals surface area contributed by atoms with Crippen LogP contribution in [0, 0.1) is 5.82 Å². The molecule has 0 saturated carbocycles. The Morgan fingerprint density at radius 3 is 1.97 bits per heavy atom. The molecule has 0 atom stereocenters. The summed E-state index contributed by atoms with van der Waals surface area (Å²) in [6, 6.07) is 11.3. The maximum absolute atomic E-state index is 13.3. The van der Waals surface area contributed by atoms with E-state index >= 15 is 0 Å². The Bertz CT molecular complexity index is 1310. The highest BCUT2D eigenvalue weighted by Crippen LogP contribution is 2.37. The first-order chi connectivity index (χ1) is 15.4. The predicted molar refractivity (Wildman–Crippen MR) is 106 cm³/mol. The molecule has 4 rings (SSSR count). The van der Waals surface area contributed by atoms with Crippen molar-refractivity contribution in [3.05, 3.63) is 83.7 Å². The zero-order valence-corrected chi connectivity index (χ0v) is 16.3. The molecule has 0 bridgehead atoms. The fourth-order valence-electron chi connectivity index (χ4n) is 3.25. The number of benzene rings is 3. The van der Waals surface area contributed by atoms with Gasteiger partial charge >= 0.3 is 18.4 Å². The standard InChI is InChI=1S/C22H12F7N3O/c23-15-7-5-12(6-8-15)19-17-3-1-2-4-18(17)32(31-19)20(33)30-16-10-13(21(24,25)26)9-14(11-16)22(27,28)29/h1-11H,(H,30,33). The molecule has 0 radical (unpaired) electrons. The Morgan fingerprint density at radius 1 is 0.818 bits per heavy atom. The highest BCUT2D eigenvalue weighted by Gasteiger charge is 2.37. The van der Waals surface area contributed by atoms with Crippen LogP contribution in [0.3, 0.4) is 0 Å². The number of hydrogen-bond donors (Lipinski definition) is 1. The van der Waals surface area contributed by atoms with Crippen molar-refractivity contribution in [2.75, 3.05) is 5.32 Å². The fourth-order valence-corrected chi connectivity index (χ4v) is 3.25. The van der Waals surface area contributed by atoms with E-state index in [1.807, 2.05) is 0 Å². The molecule has 0 saturated heterocycles. The summed E-state index contributed by atoms with van der Waals surface area (Å²) in [6.45, 7) is 0. The molecule has 0 aliphatic heterocycles. The number of anilines is 1. The zero-order valence-electron chi connectivity index (χ0n) is 16.3. The molecular formula is C22H12F7N3O. The minimum atomic E-state index is -5.06. The molecule has 4 aromatic rings. The monoisotopic (exact) mass is 467 g/mol. The molecule has 0 spiro atoms. The average Bonchev–Trinajstić information content (AvgIpc) is 3.13. The number of hydrogen-bond acceptors (Lipinski definition) is 2. The largest absolute Gasteiger partial charge is 0.416 e. The lowest BCUT2D eigenvalue weighted by Crippen LogP contribution is -2.21. The SMILES string of the molecule is O=C(Nc1cc(C(F)(F)F)cc(C(F)(F)F)c1)n1nc(-c2ccc(F)cc2)c2ccccc21. The third-order valence-electron chi connectivity index (χ3n) is 4.74. The maximum atomic E-state index is 13.3. The molecule has 11 heteroatoms. The first-order valence-corrected chi connectivity index (χ1v) is 9.28. The molecule has 1 N–H and O–H groups in total. The van der Waals surface area contributed by atoms with E-state index in [1.54, 1.807) is 18.2 Å². The number of aromatic nitrogens is 2. The number of alkyl halides is 6. The van der Waals surface area contributed by atoms with Crippen LogP contribution >= 0.6 is 0 Å². The number of carbonyl (C=O) groups is 1. The summed E-state index contributed by atoms with van der Waals surface area (Å²) >= 11 is 0. The number of amides is 1. The molecule has 3 aromatic carbocycles. The van der Waals surface area contributed by atoms with Gasteiger partial charge in [0, 0.05) is 16.6 Å². The molecule has 170 valence electrons. The summed E-state index contributed by atoms with van der Waals surface area (Å²) in [6.07, 6.45) is -10.1. The molecule has 0 aliphatic carbocycles. The van der Waals surface area contributed by atoms with Gasteiger partial charge in [-0.25, -0.2) is 9.18 Å². The van der Waals surface area contributed by atoms with E-state index in [9.17, 15) is 35.5 Å². The summed E-state index contributed by atoms with van der Waals surface area (Å²) in [5, 5.41) is 6.69. The van der Waals surface area contributed by atoms with Crippen molar-refractivity contribution in [2.24, 2.45) is 0 Å². The second-order valence-electron chi connectivity index (χ2n) is 7.01. The molecule has 0 aliphatic rings. The van der Waals surface area contributed by atoms with Gasteiger partial charge in [-0.2, -0.15) is 36.1 Å². The number of para-hydroxylation sites is 1. The van der Waals surface area contributed by atoms with Gasteiger partial charge in [0.05, 0.1) is 16.6 Å². The Labute approximate surface area is 181 Å². The summed E-state index contributed by atoms with van der Waals surface area (Å²) in [5.41, 5.74) is -2.85. The number of nitrogens with zero attached hydrogens (tertiary/aromatic N) is 2. The van der Waals surface area contributed by atoms with Crippen molar-refractivity contribution >= 4 is 22.6 Å². The molecule has 4 nitrogen and oxygen atoms in total. The van der Waals surface area contributed by atoms with Crippen LogP contribution in [0.1, 0.15) is 11.1 Å². The van der Waals surface area contributed by atoms with Crippen molar-refractivity contribution in [2.45, 2.75) is 12.4 Å². The summed E-state index contributed by atoms with van der Waals surface area (Å²) < 4.78 is 92.7. The lowest BCUT2D eigenvalue weighted by atomic mass is 10.1. The predicted octanol–water partition coefficient (Wildman–Crippen LogP) is 6.96. The normalized spacial score (nSPS) is 12.2. The molecule has 0 unspecified atom stereocenters. The van der Waals surface area contributed by atoms with Gasteiger partial charge in [0.1, 0.15) is 11.5 Å². The van der Waals surface area contributed by atoms with Gasteiger partial charge in [-0.05, 0) is 48.5 Å². The summed E-state index contributed by atoms with van der Waals surface area (Å²) in [4.78, 5) is 12.8. The van der Waals surface area contributed by atoms with Gasteiger partial charge in [-0.3, -0.25) is 0 Å². The van der Waals surface area contributed by atoms with Crippen LogP contribution in [0.25, 0.3) is 22.2 Å². The van der Waals surface area contributed by atoms with E-state index < -0.39 is 41.0 Å². The Balaban J connectivity index is 1.77. The Morgan fingerprint density at radius 2 is 1.39 bits per heavy atom. The van der Waals surface area contributed by atoms with E-state index in [4.69, 9.17) is 0 Å². The molecule has 1 amide bonds. The quantitative estimate of drug-likeness (QED) is 0.324. The summed E-state index contributed by atoms with van der Waals surface area (Å²) in [5.74, 6) is -0.495. The first kappa shape index (κ1) is 22.3. The van der Waals surface area contributed by atoms with Crippen LogP contribution in [-0.2, 0) is 12.4 Å². The number of fused-ring (bicyclic) bond motifs is 1. The van der Waals surface area contributed by atoms with Crippen LogP contribution in [0.5, 0.6) is 0 Å².